The SMILES string of the molecule is [2H]C([2H])([2H])c1ccc2c(oc3c(-c4cccc[n+]4C)c(C)ccc32)c1-c1ccc(C2CCCCC2)c2c1CCC2. The van der Waals surface area contributed by atoms with Gasteiger partial charge in [0.1, 0.15) is 18.2 Å². The summed E-state index contributed by atoms with van der Waals surface area (Å²) in [5, 5.41) is 1.99. The van der Waals surface area contributed by atoms with Crippen molar-refractivity contribution in [3.05, 3.63) is 88.6 Å². The minimum Gasteiger partial charge on any atom is -0.454 e. The maximum atomic E-state index is 8.50. The van der Waals surface area contributed by atoms with Crippen LogP contribution in [0, 0.1) is 13.8 Å². The average Bonchev–Trinajstić information content (AvgIpc) is 3.58. The zero-order chi connectivity index (χ0) is 27.6. The van der Waals surface area contributed by atoms with Gasteiger partial charge in [0.05, 0.1) is 5.56 Å². The fourth-order valence-electron chi connectivity index (χ4n) is 7.13. The summed E-state index contributed by atoms with van der Waals surface area (Å²) < 4.78 is 34.4. The molecule has 0 radical (unpaired) electrons. The number of aryl methyl sites for hydroxylation is 3. The summed E-state index contributed by atoms with van der Waals surface area (Å²) in [4.78, 5) is 0. The van der Waals surface area contributed by atoms with Crippen LogP contribution in [0.5, 0.6) is 0 Å². The number of nitrogens with zero attached hydrogens (tertiary/aromatic N) is 1. The van der Waals surface area contributed by atoms with Gasteiger partial charge < -0.3 is 4.42 Å². The molecule has 37 heavy (non-hydrogen) atoms. The molecular weight excluding hydrogens is 450 g/mol. The first-order valence-corrected chi connectivity index (χ1v) is 13.9. The minimum absolute atomic E-state index is 0.377. The molecule has 2 nitrogen and oxygen atoms in total. The lowest BCUT2D eigenvalue weighted by Crippen LogP contribution is -2.30. The number of benzene rings is 3. The van der Waals surface area contributed by atoms with Crippen molar-refractivity contribution in [2.75, 3.05) is 0 Å². The number of hydrogen-bond donors (Lipinski definition) is 0. The van der Waals surface area contributed by atoms with E-state index in [1.165, 1.54) is 48.8 Å². The smallest absolute Gasteiger partial charge is 0.216 e. The first kappa shape index (κ1) is 19.7. The maximum absolute atomic E-state index is 8.50. The molecular formula is C35H36NO+. The number of pyridine rings is 1. The summed E-state index contributed by atoms with van der Waals surface area (Å²) in [6.07, 6.45) is 11.7. The van der Waals surface area contributed by atoms with Gasteiger partial charge in [0.15, 0.2) is 6.20 Å². The Morgan fingerprint density at radius 1 is 0.784 bits per heavy atom. The molecule has 2 heteroatoms. The second-order valence-corrected chi connectivity index (χ2v) is 11.1. The lowest BCUT2D eigenvalue weighted by Gasteiger charge is -2.25. The van der Waals surface area contributed by atoms with E-state index in [0.717, 1.165) is 63.6 Å². The van der Waals surface area contributed by atoms with Gasteiger partial charge >= 0.3 is 0 Å². The van der Waals surface area contributed by atoms with Gasteiger partial charge in [0, 0.05) is 32.6 Å². The monoisotopic (exact) mass is 489 g/mol. The van der Waals surface area contributed by atoms with Crippen LogP contribution >= 0.6 is 0 Å². The molecule has 186 valence electrons. The van der Waals surface area contributed by atoms with Gasteiger partial charge in [-0.1, -0.05) is 55.7 Å². The highest BCUT2D eigenvalue weighted by Gasteiger charge is 2.27. The largest absolute Gasteiger partial charge is 0.454 e. The van der Waals surface area contributed by atoms with E-state index in [1.807, 2.05) is 37.5 Å². The van der Waals surface area contributed by atoms with E-state index in [-0.39, 0.29) is 0 Å². The van der Waals surface area contributed by atoms with Crippen LogP contribution in [-0.2, 0) is 19.9 Å². The molecule has 3 aromatic carbocycles. The number of rotatable bonds is 3. The molecule has 0 amide bonds. The van der Waals surface area contributed by atoms with Gasteiger partial charge in [0.25, 0.3) is 0 Å². The zero-order valence-corrected chi connectivity index (χ0v) is 21.9. The third kappa shape index (κ3) is 3.56. The number of hydrogen-bond acceptors (Lipinski definition) is 1. The molecule has 7 rings (SSSR count). The topological polar surface area (TPSA) is 17.0 Å². The molecule has 1 fully saturated rings. The van der Waals surface area contributed by atoms with Crippen molar-refractivity contribution in [3.63, 3.8) is 0 Å². The highest BCUT2D eigenvalue weighted by molar-refractivity contribution is 6.13. The fourth-order valence-corrected chi connectivity index (χ4v) is 7.13. The van der Waals surface area contributed by atoms with Crippen LogP contribution in [0.3, 0.4) is 0 Å². The number of aromatic nitrogens is 1. The van der Waals surface area contributed by atoms with Crippen molar-refractivity contribution in [2.24, 2.45) is 7.05 Å². The van der Waals surface area contributed by atoms with Crippen LogP contribution in [0.25, 0.3) is 44.3 Å². The van der Waals surface area contributed by atoms with Crippen molar-refractivity contribution in [2.45, 2.75) is 71.1 Å². The third-order valence-electron chi connectivity index (χ3n) is 8.96. The normalized spacial score (nSPS) is 17.6. The number of furan rings is 1. The predicted molar refractivity (Wildman–Crippen MR) is 153 cm³/mol. The van der Waals surface area contributed by atoms with E-state index in [4.69, 9.17) is 8.53 Å². The first-order valence-electron chi connectivity index (χ1n) is 15.4. The Labute approximate surface area is 224 Å². The Hall–Kier alpha value is -3.39. The van der Waals surface area contributed by atoms with E-state index < -0.39 is 6.85 Å². The molecule has 0 atom stereocenters. The van der Waals surface area contributed by atoms with E-state index in [1.54, 1.807) is 0 Å². The molecule has 2 heterocycles. The van der Waals surface area contributed by atoms with Crippen LogP contribution in [0.15, 0.2) is 65.2 Å². The zero-order valence-electron chi connectivity index (χ0n) is 24.9. The van der Waals surface area contributed by atoms with Gasteiger partial charge in [-0.15, -0.1) is 0 Å². The average molecular weight is 490 g/mol. The summed E-state index contributed by atoms with van der Waals surface area (Å²) in [6.45, 7) is -0.138. The van der Waals surface area contributed by atoms with Crippen molar-refractivity contribution in [1.29, 1.82) is 0 Å². The molecule has 0 aliphatic heterocycles. The summed E-state index contributed by atoms with van der Waals surface area (Å²) in [7, 11) is 2.05. The molecule has 1 saturated carbocycles. The second kappa shape index (κ2) is 8.87. The second-order valence-electron chi connectivity index (χ2n) is 11.1. The van der Waals surface area contributed by atoms with Crippen LogP contribution in [0.4, 0.5) is 0 Å². The Morgan fingerprint density at radius 3 is 2.32 bits per heavy atom. The van der Waals surface area contributed by atoms with Crippen LogP contribution in [0.1, 0.15) is 76.4 Å². The van der Waals surface area contributed by atoms with Gasteiger partial charge in [-0.25, -0.2) is 4.57 Å². The van der Waals surface area contributed by atoms with E-state index >= 15 is 0 Å². The lowest BCUT2D eigenvalue weighted by molar-refractivity contribution is -0.660. The lowest BCUT2D eigenvalue weighted by atomic mass is 9.80. The molecule has 0 unspecified atom stereocenters. The molecule has 2 aliphatic rings. The molecule has 0 N–H and O–H groups in total. The molecule has 0 bridgehead atoms. The molecule has 0 spiro atoms. The van der Waals surface area contributed by atoms with E-state index in [2.05, 4.69) is 41.8 Å². The van der Waals surface area contributed by atoms with E-state index in [0.29, 0.717) is 17.1 Å². The summed E-state index contributed by atoms with van der Waals surface area (Å²) in [5.74, 6) is 0.635. The van der Waals surface area contributed by atoms with Gasteiger partial charge in [-0.3, -0.25) is 0 Å². The molecule has 5 aromatic rings. The van der Waals surface area contributed by atoms with Crippen LogP contribution in [-0.4, -0.2) is 0 Å². The molecule has 2 aliphatic carbocycles. The summed E-state index contributed by atoms with van der Waals surface area (Å²) in [6, 6.07) is 18.8. The summed E-state index contributed by atoms with van der Waals surface area (Å²) in [5.41, 5.74) is 11.3. The highest BCUT2D eigenvalue weighted by Crippen LogP contribution is 2.46. The Balaban J connectivity index is 1.53. The molecule has 0 saturated heterocycles. The summed E-state index contributed by atoms with van der Waals surface area (Å²) >= 11 is 0. The number of fused-ring (bicyclic) bond motifs is 4. The fraction of sp³-hybridized carbons (Fsp3) is 0.343. The van der Waals surface area contributed by atoms with Crippen molar-refractivity contribution in [1.82, 2.24) is 0 Å². The van der Waals surface area contributed by atoms with E-state index in [9.17, 15) is 0 Å². The van der Waals surface area contributed by atoms with Crippen LogP contribution < -0.4 is 4.57 Å². The van der Waals surface area contributed by atoms with Crippen molar-refractivity contribution < 1.29 is 13.1 Å². The van der Waals surface area contributed by atoms with Gasteiger partial charge in [-0.05, 0) is 91.2 Å². The van der Waals surface area contributed by atoms with Crippen molar-refractivity contribution in [3.8, 4) is 22.4 Å². The molecule has 2 aromatic heterocycles. The highest BCUT2D eigenvalue weighted by atomic mass is 16.3. The predicted octanol–water partition coefficient (Wildman–Crippen LogP) is 8.90. The maximum Gasteiger partial charge on any atom is 0.216 e. The van der Waals surface area contributed by atoms with Gasteiger partial charge in [-0.2, -0.15) is 0 Å². The van der Waals surface area contributed by atoms with Crippen molar-refractivity contribution >= 4 is 21.9 Å². The third-order valence-corrected chi connectivity index (χ3v) is 8.96. The standard InChI is InChI=1S/C35H36NO/c1-22-15-17-29-30-18-16-23(2)33(31-14-7-8-21-36(31)3)35(30)37-34(29)32(22)28-20-19-25(24-10-5-4-6-11-24)26-12-9-13-27(26)28/h7-8,14-21,24H,4-6,9-13H2,1-3H3/q+1/i1D3. The Bertz CT molecular complexity index is 1770. The first-order chi connectivity index (χ1) is 19.3. The quantitative estimate of drug-likeness (QED) is 0.231. The van der Waals surface area contributed by atoms with Gasteiger partial charge in [0.2, 0.25) is 5.69 Å². The Morgan fingerprint density at radius 2 is 1.54 bits per heavy atom. The van der Waals surface area contributed by atoms with Crippen LogP contribution in [0.2, 0.25) is 0 Å². The minimum atomic E-state index is -2.25. The Kier molecular flexibility index (Phi) is 4.72.